The second kappa shape index (κ2) is 7.41. The van der Waals surface area contributed by atoms with Crippen LogP contribution in [-0.2, 0) is 11.3 Å². The van der Waals surface area contributed by atoms with Gasteiger partial charge in [0.1, 0.15) is 0 Å². The maximum absolute atomic E-state index is 10.8. The lowest BCUT2D eigenvalue weighted by Gasteiger charge is -2.22. The Morgan fingerprint density at radius 2 is 2.15 bits per heavy atom. The van der Waals surface area contributed by atoms with Gasteiger partial charge in [-0.3, -0.25) is 14.6 Å². The molecule has 1 aliphatic rings. The maximum atomic E-state index is 10.8. The standard InChI is InChI=1S/C16H24N2O2/c1-2-17(13-16(19)20)11-15-8-9-18(12-15)10-14-6-4-3-5-7-14/h3-7,15H,2,8-13H2,1H3,(H,19,20). The third-order valence-corrected chi connectivity index (χ3v) is 3.94. The highest BCUT2D eigenvalue weighted by Crippen LogP contribution is 2.19. The van der Waals surface area contributed by atoms with Crippen LogP contribution in [0.5, 0.6) is 0 Å². The number of carboxylic acids is 1. The molecule has 1 fully saturated rings. The van der Waals surface area contributed by atoms with E-state index in [-0.39, 0.29) is 6.54 Å². The molecule has 0 amide bonds. The third-order valence-electron chi connectivity index (χ3n) is 3.94. The summed E-state index contributed by atoms with van der Waals surface area (Å²) in [5.41, 5.74) is 1.35. The van der Waals surface area contributed by atoms with Gasteiger partial charge in [0, 0.05) is 19.6 Å². The van der Waals surface area contributed by atoms with Crippen molar-refractivity contribution in [1.29, 1.82) is 0 Å². The Hall–Kier alpha value is -1.39. The first kappa shape index (κ1) is 15.0. The van der Waals surface area contributed by atoms with E-state index in [1.54, 1.807) is 0 Å². The smallest absolute Gasteiger partial charge is 0.317 e. The zero-order valence-electron chi connectivity index (χ0n) is 12.2. The number of likely N-dealkylation sites (tertiary alicyclic amines) is 1. The van der Waals surface area contributed by atoms with Crippen LogP contribution in [0.2, 0.25) is 0 Å². The molecule has 1 aromatic carbocycles. The van der Waals surface area contributed by atoms with Gasteiger partial charge in [0.25, 0.3) is 0 Å². The summed E-state index contributed by atoms with van der Waals surface area (Å²) in [5.74, 6) is -0.135. The molecule has 1 heterocycles. The third kappa shape index (κ3) is 4.62. The van der Waals surface area contributed by atoms with E-state index in [0.29, 0.717) is 5.92 Å². The van der Waals surface area contributed by atoms with Crippen molar-refractivity contribution < 1.29 is 9.90 Å². The van der Waals surface area contributed by atoms with Crippen LogP contribution < -0.4 is 0 Å². The minimum Gasteiger partial charge on any atom is -0.480 e. The summed E-state index contributed by atoms with van der Waals surface area (Å²) in [4.78, 5) is 15.3. The van der Waals surface area contributed by atoms with Gasteiger partial charge in [0.15, 0.2) is 0 Å². The fourth-order valence-electron chi connectivity index (χ4n) is 2.91. The van der Waals surface area contributed by atoms with Gasteiger partial charge in [-0.15, -0.1) is 0 Å². The summed E-state index contributed by atoms with van der Waals surface area (Å²) >= 11 is 0. The number of benzene rings is 1. The Bertz CT molecular complexity index is 422. The Morgan fingerprint density at radius 3 is 2.80 bits per heavy atom. The van der Waals surface area contributed by atoms with Gasteiger partial charge in [-0.2, -0.15) is 0 Å². The molecule has 1 unspecified atom stereocenters. The molecule has 4 heteroatoms. The van der Waals surface area contributed by atoms with E-state index >= 15 is 0 Å². The van der Waals surface area contributed by atoms with Crippen molar-refractivity contribution in [2.75, 3.05) is 32.7 Å². The van der Waals surface area contributed by atoms with Crippen LogP contribution in [0.4, 0.5) is 0 Å². The van der Waals surface area contributed by atoms with E-state index in [1.165, 1.54) is 12.0 Å². The number of rotatable bonds is 7. The first-order valence-electron chi connectivity index (χ1n) is 7.37. The number of carboxylic acid groups (broad SMARTS) is 1. The van der Waals surface area contributed by atoms with Crippen molar-refractivity contribution in [3.05, 3.63) is 35.9 Å². The monoisotopic (exact) mass is 276 g/mol. The number of nitrogens with zero attached hydrogens (tertiary/aromatic N) is 2. The zero-order chi connectivity index (χ0) is 14.4. The first-order valence-corrected chi connectivity index (χ1v) is 7.37. The topological polar surface area (TPSA) is 43.8 Å². The van der Waals surface area contributed by atoms with Crippen LogP contribution in [0.3, 0.4) is 0 Å². The molecule has 1 aromatic rings. The molecule has 1 atom stereocenters. The predicted octanol–water partition coefficient (Wildman–Crippen LogP) is 1.91. The van der Waals surface area contributed by atoms with Crippen molar-refractivity contribution in [2.45, 2.75) is 19.9 Å². The van der Waals surface area contributed by atoms with Gasteiger partial charge in [-0.25, -0.2) is 0 Å². The minimum absolute atomic E-state index is 0.158. The lowest BCUT2D eigenvalue weighted by molar-refractivity contribution is -0.138. The van der Waals surface area contributed by atoms with Crippen LogP contribution in [-0.4, -0.2) is 53.6 Å². The van der Waals surface area contributed by atoms with Gasteiger partial charge in [0.2, 0.25) is 0 Å². The average Bonchev–Trinajstić information content (AvgIpc) is 2.86. The molecule has 20 heavy (non-hydrogen) atoms. The summed E-state index contributed by atoms with van der Waals surface area (Å²) in [7, 11) is 0. The van der Waals surface area contributed by atoms with E-state index in [1.807, 2.05) is 17.9 Å². The molecule has 110 valence electrons. The molecular weight excluding hydrogens is 252 g/mol. The lowest BCUT2D eigenvalue weighted by atomic mass is 10.1. The van der Waals surface area contributed by atoms with Crippen molar-refractivity contribution in [3.8, 4) is 0 Å². The van der Waals surface area contributed by atoms with E-state index in [0.717, 1.165) is 32.7 Å². The molecule has 4 nitrogen and oxygen atoms in total. The van der Waals surface area contributed by atoms with Gasteiger partial charge < -0.3 is 5.11 Å². The largest absolute Gasteiger partial charge is 0.480 e. The summed E-state index contributed by atoms with van der Waals surface area (Å²) in [6.45, 7) is 7.08. The number of hydrogen-bond acceptors (Lipinski definition) is 3. The van der Waals surface area contributed by atoms with Crippen LogP contribution >= 0.6 is 0 Å². The van der Waals surface area contributed by atoms with Crippen molar-refractivity contribution >= 4 is 5.97 Å². The highest BCUT2D eigenvalue weighted by molar-refractivity contribution is 5.69. The summed E-state index contributed by atoms with van der Waals surface area (Å²) in [6.07, 6.45) is 1.17. The summed E-state index contributed by atoms with van der Waals surface area (Å²) in [6, 6.07) is 10.5. The Balaban J connectivity index is 1.78. The van der Waals surface area contributed by atoms with Crippen LogP contribution in [0.1, 0.15) is 18.9 Å². The first-order chi connectivity index (χ1) is 9.67. The Kier molecular flexibility index (Phi) is 5.56. The molecule has 0 radical (unpaired) electrons. The fourth-order valence-corrected chi connectivity index (χ4v) is 2.91. The minimum atomic E-state index is -0.731. The van der Waals surface area contributed by atoms with E-state index in [4.69, 9.17) is 5.11 Å². The molecule has 0 saturated carbocycles. The quantitative estimate of drug-likeness (QED) is 0.826. The molecule has 0 aliphatic carbocycles. The lowest BCUT2D eigenvalue weighted by Crippen LogP contribution is -2.35. The van der Waals surface area contributed by atoms with Crippen molar-refractivity contribution in [1.82, 2.24) is 9.80 Å². The van der Waals surface area contributed by atoms with Crippen LogP contribution in [0.15, 0.2) is 30.3 Å². The number of likely N-dealkylation sites (N-methyl/N-ethyl adjacent to an activating group) is 1. The zero-order valence-corrected chi connectivity index (χ0v) is 12.2. The van der Waals surface area contributed by atoms with Gasteiger partial charge in [-0.1, -0.05) is 37.3 Å². The van der Waals surface area contributed by atoms with E-state index in [9.17, 15) is 4.79 Å². The average molecular weight is 276 g/mol. The second-order valence-corrected chi connectivity index (χ2v) is 5.60. The predicted molar refractivity (Wildman–Crippen MR) is 79.6 cm³/mol. The number of hydrogen-bond donors (Lipinski definition) is 1. The summed E-state index contributed by atoms with van der Waals surface area (Å²) < 4.78 is 0. The van der Waals surface area contributed by atoms with E-state index < -0.39 is 5.97 Å². The molecule has 2 rings (SSSR count). The van der Waals surface area contributed by atoms with Crippen LogP contribution in [0.25, 0.3) is 0 Å². The SMILES string of the molecule is CCN(CC(=O)O)CC1CCN(Cc2ccccc2)C1. The Labute approximate surface area is 121 Å². The summed E-state index contributed by atoms with van der Waals surface area (Å²) in [5, 5.41) is 8.88. The Morgan fingerprint density at radius 1 is 1.40 bits per heavy atom. The van der Waals surface area contributed by atoms with Gasteiger partial charge >= 0.3 is 5.97 Å². The fraction of sp³-hybridized carbons (Fsp3) is 0.562. The molecule has 1 aliphatic heterocycles. The molecule has 0 aromatic heterocycles. The molecular formula is C16H24N2O2. The van der Waals surface area contributed by atoms with Crippen molar-refractivity contribution in [3.63, 3.8) is 0 Å². The number of carbonyl (C=O) groups is 1. The molecule has 1 saturated heterocycles. The number of aliphatic carboxylic acids is 1. The maximum Gasteiger partial charge on any atom is 0.317 e. The second-order valence-electron chi connectivity index (χ2n) is 5.60. The normalized spacial score (nSPS) is 19.6. The van der Waals surface area contributed by atoms with Gasteiger partial charge in [0.05, 0.1) is 6.54 Å². The highest BCUT2D eigenvalue weighted by atomic mass is 16.4. The highest BCUT2D eigenvalue weighted by Gasteiger charge is 2.24. The van der Waals surface area contributed by atoms with Crippen molar-refractivity contribution in [2.24, 2.45) is 5.92 Å². The van der Waals surface area contributed by atoms with Gasteiger partial charge in [-0.05, 0) is 31.0 Å². The molecule has 0 spiro atoms. The molecule has 0 bridgehead atoms. The molecule has 1 N–H and O–H groups in total. The van der Waals surface area contributed by atoms with Crippen LogP contribution in [0, 0.1) is 5.92 Å². The van der Waals surface area contributed by atoms with E-state index in [2.05, 4.69) is 29.2 Å².